The number of pyridine rings is 1. The van der Waals surface area contributed by atoms with Crippen molar-refractivity contribution in [2.45, 2.75) is 13.3 Å². The summed E-state index contributed by atoms with van der Waals surface area (Å²) in [5.74, 6) is -0.171. The Kier molecular flexibility index (Phi) is 5.21. The summed E-state index contributed by atoms with van der Waals surface area (Å²) in [5.41, 5.74) is 0.573. The molecular weight excluding hydrogens is 425 g/mol. The number of hydrogen-bond donors (Lipinski definition) is 1. The molecule has 32 heavy (non-hydrogen) atoms. The van der Waals surface area contributed by atoms with Crippen molar-refractivity contribution in [2.75, 3.05) is 5.32 Å². The number of nitrogens with one attached hydrogen (secondary N) is 1. The van der Waals surface area contributed by atoms with Gasteiger partial charge < -0.3 is 14.6 Å². The van der Waals surface area contributed by atoms with Gasteiger partial charge in [0.05, 0.1) is 11.1 Å². The van der Waals surface area contributed by atoms with Crippen molar-refractivity contribution >= 4 is 22.3 Å². The second-order valence-corrected chi connectivity index (χ2v) is 7.12. The van der Waals surface area contributed by atoms with Crippen LogP contribution in [-0.4, -0.2) is 20.7 Å². The Balaban J connectivity index is 1.86. The van der Waals surface area contributed by atoms with Crippen molar-refractivity contribution in [1.82, 2.24) is 14.3 Å². The molecule has 164 valence electrons. The molecule has 0 saturated heterocycles. The van der Waals surface area contributed by atoms with Crippen molar-refractivity contribution in [1.29, 1.82) is 0 Å². The average molecular weight is 442 g/mol. The number of rotatable bonds is 4. The van der Waals surface area contributed by atoms with Gasteiger partial charge in [-0.05, 0) is 49.4 Å². The van der Waals surface area contributed by atoms with Gasteiger partial charge in [0.15, 0.2) is 5.82 Å². The molecule has 0 fully saturated rings. The Labute approximate surface area is 179 Å². The summed E-state index contributed by atoms with van der Waals surface area (Å²) in [6.07, 6.45) is -3.22. The number of anilines is 2. The van der Waals surface area contributed by atoms with Crippen molar-refractivity contribution in [3.05, 3.63) is 87.1 Å². The molecule has 4 rings (SSSR count). The minimum absolute atomic E-state index is 0.233. The Bertz CT molecular complexity index is 1420. The number of nitrogens with zero attached hydrogens (tertiary/aromatic N) is 3. The van der Waals surface area contributed by atoms with Crippen molar-refractivity contribution in [2.24, 2.45) is 7.05 Å². The Morgan fingerprint density at radius 3 is 2.38 bits per heavy atom. The number of hydrogen-bond acceptors (Lipinski definition) is 5. The number of alkyl halides is 3. The van der Waals surface area contributed by atoms with Crippen LogP contribution in [0.15, 0.2) is 70.4 Å². The average Bonchev–Trinajstić information content (AvgIpc) is 2.73. The molecule has 4 aromatic rings. The van der Waals surface area contributed by atoms with Gasteiger partial charge in [-0.1, -0.05) is 17.7 Å². The molecule has 0 spiro atoms. The van der Waals surface area contributed by atoms with Gasteiger partial charge in [-0.15, -0.1) is 18.3 Å². The number of aromatic nitrogens is 3. The van der Waals surface area contributed by atoms with E-state index in [0.717, 1.165) is 22.4 Å². The predicted molar refractivity (Wildman–Crippen MR) is 114 cm³/mol. The van der Waals surface area contributed by atoms with Crippen LogP contribution in [-0.2, 0) is 7.05 Å². The maximum atomic E-state index is 13.1. The van der Waals surface area contributed by atoms with Gasteiger partial charge in [-0.25, -0.2) is 0 Å². The molecule has 0 aliphatic heterocycles. The highest BCUT2D eigenvalue weighted by molar-refractivity contribution is 5.93. The largest absolute Gasteiger partial charge is 0.573 e. The van der Waals surface area contributed by atoms with Crippen LogP contribution in [0, 0.1) is 6.92 Å². The molecule has 0 atom stereocenters. The first-order valence-corrected chi connectivity index (χ1v) is 9.45. The van der Waals surface area contributed by atoms with Crippen molar-refractivity contribution in [3.63, 3.8) is 0 Å². The van der Waals surface area contributed by atoms with E-state index < -0.39 is 17.7 Å². The van der Waals surface area contributed by atoms with Crippen LogP contribution in [0.2, 0.25) is 0 Å². The molecule has 0 aliphatic rings. The Morgan fingerprint density at radius 2 is 1.69 bits per heavy atom. The van der Waals surface area contributed by atoms with E-state index in [1.54, 1.807) is 37.5 Å². The monoisotopic (exact) mass is 442 g/mol. The fourth-order valence-corrected chi connectivity index (χ4v) is 3.23. The highest BCUT2D eigenvalue weighted by Gasteiger charge is 2.31. The van der Waals surface area contributed by atoms with E-state index in [0.29, 0.717) is 10.8 Å². The summed E-state index contributed by atoms with van der Waals surface area (Å²) in [5, 5.41) is 8.17. The van der Waals surface area contributed by atoms with Crippen molar-refractivity contribution in [3.8, 4) is 11.4 Å². The van der Waals surface area contributed by atoms with Crippen molar-refractivity contribution < 1.29 is 17.9 Å². The topological polar surface area (TPSA) is 78.2 Å². The molecule has 0 bridgehead atoms. The lowest BCUT2D eigenvalue weighted by Gasteiger charge is -2.14. The van der Waals surface area contributed by atoms with Gasteiger partial charge in [0.2, 0.25) is 0 Å². The first-order chi connectivity index (χ1) is 15.1. The smallest absolute Gasteiger partial charge is 0.406 e. The summed E-state index contributed by atoms with van der Waals surface area (Å²) in [4.78, 5) is 25.6. The molecule has 1 N–H and O–H groups in total. The minimum atomic E-state index is -4.82. The molecule has 0 saturated carbocycles. The molecule has 7 nitrogen and oxygen atoms in total. The van der Waals surface area contributed by atoms with Crippen LogP contribution in [0.5, 0.6) is 5.75 Å². The molecule has 10 heteroatoms. The quantitative estimate of drug-likeness (QED) is 0.516. The maximum absolute atomic E-state index is 13.1. The van der Waals surface area contributed by atoms with Gasteiger partial charge in [0, 0.05) is 18.6 Å². The van der Waals surface area contributed by atoms with Crippen LogP contribution in [0.3, 0.4) is 0 Å². The number of fused-ring (bicyclic) bond motifs is 1. The molecular formula is C22H17F3N4O3. The summed E-state index contributed by atoms with van der Waals surface area (Å²) < 4.78 is 43.6. The Hall–Kier alpha value is -4.08. The standard InChI is InChI=1S/C22H17F3N4O3/c1-13-5-10-16-17(12-13)20(30)29(14-6-8-15(9-7-14)32-22(23,24)25)27-19(16)26-18-4-3-11-28(2)21(18)31/h3-12H,1-2H3,(H,26,27). The molecule has 2 aromatic heterocycles. The number of aryl methyl sites for hydroxylation is 2. The van der Waals surface area contributed by atoms with E-state index in [1.165, 1.54) is 16.7 Å². The highest BCUT2D eigenvalue weighted by Crippen LogP contribution is 2.25. The van der Waals surface area contributed by atoms with Gasteiger partial charge in [0.1, 0.15) is 11.4 Å². The SMILES string of the molecule is Cc1ccc2c(Nc3cccn(C)c3=O)nn(-c3ccc(OC(F)(F)F)cc3)c(=O)c2c1. The first kappa shape index (κ1) is 21.2. The van der Waals surface area contributed by atoms with E-state index in [-0.39, 0.29) is 22.8 Å². The molecule has 0 unspecified atom stereocenters. The van der Waals surface area contributed by atoms with Gasteiger partial charge in [0.25, 0.3) is 11.1 Å². The maximum Gasteiger partial charge on any atom is 0.573 e. The van der Waals surface area contributed by atoms with Gasteiger partial charge in [-0.3, -0.25) is 9.59 Å². The van der Waals surface area contributed by atoms with Crippen LogP contribution in [0.1, 0.15) is 5.56 Å². The summed E-state index contributed by atoms with van der Waals surface area (Å²) in [6.45, 7) is 1.83. The zero-order valence-corrected chi connectivity index (χ0v) is 17.0. The highest BCUT2D eigenvalue weighted by atomic mass is 19.4. The van der Waals surface area contributed by atoms with Crippen LogP contribution in [0.4, 0.5) is 24.7 Å². The molecule has 0 radical (unpaired) electrons. The van der Waals surface area contributed by atoms with Crippen LogP contribution >= 0.6 is 0 Å². The summed E-state index contributed by atoms with van der Waals surface area (Å²) in [6, 6.07) is 13.3. The lowest BCUT2D eigenvalue weighted by Crippen LogP contribution is -2.24. The van der Waals surface area contributed by atoms with E-state index in [2.05, 4.69) is 15.2 Å². The number of benzene rings is 2. The number of halogens is 3. The van der Waals surface area contributed by atoms with E-state index in [1.807, 2.05) is 13.0 Å². The number of ether oxygens (including phenoxy) is 1. The van der Waals surface area contributed by atoms with E-state index >= 15 is 0 Å². The Morgan fingerprint density at radius 1 is 0.969 bits per heavy atom. The van der Waals surface area contributed by atoms with Gasteiger partial charge in [-0.2, -0.15) is 4.68 Å². The third-order valence-electron chi connectivity index (χ3n) is 4.74. The van der Waals surface area contributed by atoms with Gasteiger partial charge >= 0.3 is 6.36 Å². The zero-order valence-electron chi connectivity index (χ0n) is 17.0. The fraction of sp³-hybridized carbons (Fsp3) is 0.136. The summed E-state index contributed by atoms with van der Waals surface area (Å²) >= 11 is 0. The van der Waals surface area contributed by atoms with Crippen LogP contribution < -0.4 is 21.2 Å². The van der Waals surface area contributed by atoms with E-state index in [4.69, 9.17) is 0 Å². The second kappa shape index (κ2) is 7.88. The molecule has 0 amide bonds. The second-order valence-electron chi connectivity index (χ2n) is 7.12. The fourth-order valence-electron chi connectivity index (χ4n) is 3.23. The predicted octanol–water partition coefficient (Wildman–Crippen LogP) is 4.04. The molecule has 2 aromatic carbocycles. The molecule has 0 aliphatic carbocycles. The first-order valence-electron chi connectivity index (χ1n) is 9.45. The third-order valence-corrected chi connectivity index (χ3v) is 4.74. The van der Waals surface area contributed by atoms with E-state index in [9.17, 15) is 22.8 Å². The lowest BCUT2D eigenvalue weighted by atomic mass is 10.1. The summed E-state index contributed by atoms with van der Waals surface area (Å²) in [7, 11) is 1.61. The lowest BCUT2D eigenvalue weighted by molar-refractivity contribution is -0.274. The molecule has 2 heterocycles. The third kappa shape index (κ3) is 4.20. The minimum Gasteiger partial charge on any atom is -0.406 e. The van der Waals surface area contributed by atoms with Crippen LogP contribution in [0.25, 0.3) is 16.5 Å². The normalized spacial score (nSPS) is 11.5. The zero-order chi connectivity index (χ0) is 23.0.